The largest absolute Gasteiger partial charge is 0.452 e. The van der Waals surface area contributed by atoms with Crippen LogP contribution >= 0.6 is 0 Å². The van der Waals surface area contributed by atoms with Gasteiger partial charge in [-0.1, -0.05) is 24.2 Å². The highest BCUT2D eigenvalue weighted by molar-refractivity contribution is 5.94. The molecule has 1 N–H and O–H groups in total. The second-order valence-corrected chi connectivity index (χ2v) is 5.57. The van der Waals surface area contributed by atoms with Gasteiger partial charge in [0.25, 0.3) is 5.91 Å². The maximum atomic E-state index is 12.5. The molecular weight excluding hydrogens is 353 g/mol. The fraction of sp³-hybridized carbons (Fsp3) is 0.353. The Labute approximate surface area is 147 Å². The Hall–Kier alpha value is -2.84. The van der Waals surface area contributed by atoms with Gasteiger partial charge in [0.15, 0.2) is 11.9 Å². The van der Waals surface area contributed by atoms with E-state index in [4.69, 9.17) is 9.26 Å². The predicted molar refractivity (Wildman–Crippen MR) is 85.2 cm³/mol. The first-order chi connectivity index (χ1) is 12.2. The minimum Gasteiger partial charge on any atom is -0.452 e. The van der Waals surface area contributed by atoms with Crippen LogP contribution in [0.2, 0.25) is 0 Å². The number of carbonyl (C=O) groups excluding carboxylic acids is 2. The van der Waals surface area contributed by atoms with Crippen LogP contribution in [0.15, 0.2) is 34.9 Å². The summed E-state index contributed by atoms with van der Waals surface area (Å²) in [6.07, 6.45) is -5.51. The summed E-state index contributed by atoms with van der Waals surface area (Å²) in [7, 11) is 0. The van der Waals surface area contributed by atoms with Gasteiger partial charge in [0, 0.05) is 6.07 Å². The zero-order valence-corrected chi connectivity index (χ0v) is 14.1. The van der Waals surface area contributed by atoms with Gasteiger partial charge in [0.1, 0.15) is 5.76 Å². The number of anilines is 1. The van der Waals surface area contributed by atoms with E-state index in [0.29, 0.717) is 11.3 Å². The molecule has 1 heterocycles. The van der Waals surface area contributed by atoms with E-state index >= 15 is 0 Å². The number of nitrogens with zero attached hydrogens (tertiary/aromatic N) is 1. The molecule has 0 fully saturated rings. The molecule has 26 heavy (non-hydrogen) atoms. The van der Waals surface area contributed by atoms with E-state index in [2.05, 4.69) is 10.5 Å². The molecule has 1 amide bonds. The van der Waals surface area contributed by atoms with Gasteiger partial charge in [-0.15, -0.1) is 0 Å². The Morgan fingerprint density at radius 2 is 1.92 bits per heavy atom. The third kappa shape index (κ3) is 5.33. The van der Waals surface area contributed by atoms with Crippen molar-refractivity contribution in [2.45, 2.75) is 39.0 Å². The molecule has 0 aliphatic carbocycles. The summed E-state index contributed by atoms with van der Waals surface area (Å²) in [4.78, 5) is 24.1. The first-order valence-corrected chi connectivity index (χ1v) is 7.79. The Morgan fingerprint density at radius 3 is 2.42 bits per heavy atom. The summed E-state index contributed by atoms with van der Waals surface area (Å²) in [5, 5.41) is 6.07. The van der Waals surface area contributed by atoms with Crippen LogP contribution in [0.25, 0.3) is 0 Å². The topological polar surface area (TPSA) is 81.4 Å². The molecule has 6 nitrogen and oxygen atoms in total. The lowest BCUT2D eigenvalue weighted by Crippen LogP contribution is -2.32. The minimum atomic E-state index is -4.44. The van der Waals surface area contributed by atoms with Crippen LogP contribution in [0.1, 0.15) is 30.2 Å². The highest BCUT2D eigenvalue weighted by Crippen LogP contribution is 2.29. The van der Waals surface area contributed by atoms with Gasteiger partial charge < -0.3 is 14.6 Å². The summed E-state index contributed by atoms with van der Waals surface area (Å²) in [6, 6.07) is 5.68. The molecule has 0 aliphatic heterocycles. The SMILES string of the molecule is CCC(OC(=O)Cc1ccc(C(F)(F)F)cc1)C(=O)Nc1cc(C)on1. The maximum Gasteiger partial charge on any atom is 0.416 e. The van der Waals surface area contributed by atoms with Gasteiger partial charge in [0.05, 0.1) is 12.0 Å². The maximum absolute atomic E-state index is 12.5. The molecule has 1 atom stereocenters. The lowest BCUT2D eigenvalue weighted by atomic mass is 10.1. The number of aromatic nitrogens is 1. The smallest absolute Gasteiger partial charge is 0.416 e. The number of aryl methyl sites for hydroxylation is 1. The van der Waals surface area contributed by atoms with Crippen LogP contribution in [0.4, 0.5) is 19.0 Å². The highest BCUT2D eigenvalue weighted by Gasteiger charge is 2.30. The fourth-order valence-electron chi connectivity index (χ4n) is 2.13. The first-order valence-electron chi connectivity index (χ1n) is 7.79. The van der Waals surface area contributed by atoms with Crippen molar-refractivity contribution in [3.8, 4) is 0 Å². The van der Waals surface area contributed by atoms with Crippen LogP contribution in [0, 0.1) is 6.92 Å². The number of alkyl halides is 3. The van der Waals surface area contributed by atoms with Gasteiger partial charge in [-0.3, -0.25) is 9.59 Å². The Kier molecular flexibility index (Phi) is 6.01. The molecule has 1 unspecified atom stereocenters. The molecule has 0 radical (unpaired) electrons. The molecule has 2 aromatic rings. The van der Waals surface area contributed by atoms with Crippen molar-refractivity contribution in [2.24, 2.45) is 0 Å². The monoisotopic (exact) mass is 370 g/mol. The third-order valence-electron chi connectivity index (χ3n) is 3.45. The fourth-order valence-corrected chi connectivity index (χ4v) is 2.13. The number of rotatable bonds is 6. The minimum absolute atomic E-state index is 0.199. The van der Waals surface area contributed by atoms with E-state index in [1.54, 1.807) is 13.8 Å². The zero-order chi connectivity index (χ0) is 19.3. The number of esters is 1. The van der Waals surface area contributed by atoms with Gasteiger partial charge in [-0.05, 0) is 31.0 Å². The molecule has 0 bridgehead atoms. The molecule has 0 spiro atoms. The molecule has 2 rings (SSSR count). The van der Waals surface area contributed by atoms with E-state index < -0.39 is 29.7 Å². The number of hydrogen-bond acceptors (Lipinski definition) is 5. The zero-order valence-electron chi connectivity index (χ0n) is 14.1. The van der Waals surface area contributed by atoms with Gasteiger partial charge in [-0.2, -0.15) is 13.2 Å². The standard InChI is InChI=1S/C17H17F3N2O4/c1-3-13(16(24)21-14-8-10(2)26-22-14)25-15(23)9-11-4-6-12(7-5-11)17(18,19)20/h4-8,13H,3,9H2,1-2H3,(H,21,22,24). The lowest BCUT2D eigenvalue weighted by Gasteiger charge is -2.15. The first kappa shape index (κ1) is 19.5. The van der Waals surface area contributed by atoms with Crippen LogP contribution in [0.5, 0.6) is 0 Å². The summed E-state index contributed by atoms with van der Waals surface area (Å²) in [5.74, 6) is -0.581. The quantitative estimate of drug-likeness (QED) is 0.787. The van der Waals surface area contributed by atoms with Crippen molar-refractivity contribution in [3.63, 3.8) is 0 Å². The summed E-state index contributed by atoms with van der Waals surface area (Å²) >= 11 is 0. The number of benzene rings is 1. The van der Waals surface area contributed by atoms with Crippen molar-refractivity contribution >= 4 is 17.7 Å². The van der Waals surface area contributed by atoms with E-state index in [0.717, 1.165) is 12.1 Å². The number of carbonyl (C=O) groups is 2. The van der Waals surface area contributed by atoms with E-state index in [1.165, 1.54) is 18.2 Å². The van der Waals surface area contributed by atoms with Crippen molar-refractivity contribution in [1.29, 1.82) is 0 Å². The summed E-state index contributed by atoms with van der Waals surface area (Å²) in [6.45, 7) is 3.31. The summed E-state index contributed by atoms with van der Waals surface area (Å²) in [5.41, 5.74) is -0.450. The van der Waals surface area contributed by atoms with E-state index in [1.807, 2.05) is 0 Å². The Bertz CT molecular complexity index is 769. The second-order valence-electron chi connectivity index (χ2n) is 5.57. The average molecular weight is 370 g/mol. The van der Waals surface area contributed by atoms with Crippen molar-refractivity contribution < 1.29 is 32.0 Å². The van der Waals surface area contributed by atoms with Crippen LogP contribution in [-0.2, 0) is 26.9 Å². The molecular formula is C17H17F3N2O4. The van der Waals surface area contributed by atoms with Crippen molar-refractivity contribution in [1.82, 2.24) is 5.16 Å². The van der Waals surface area contributed by atoms with Crippen LogP contribution < -0.4 is 5.32 Å². The number of hydrogen-bond donors (Lipinski definition) is 1. The number of halogens is 3. The molecule has 0 saturated heterocycles. The third-order valence-corrected chi connectivity index (χ3v) is 3.45. The van der Waals surface area contributed by atoms with Crippen molar-refractivity contribution in [3.05, 3.63) is 47.2 Å². The number of amides is 1. The van der Waals surface area contributed by atoms with Gasteiger partial charge in [0.2, 0.25) is 0 Å². The molecule has 0 aliphatic rings. The predicted octanol–water partition coefficient (Wildman–Crippen LogP) is 3.50. The average Bonchev–Trinajstić information content (AvgIpc) is 2.97. The normalized spacial score (nSPS) is 12.5. The number of nitrogens with one attached hydrogen (secondary N) is 1. The van der Waals surface area contributed by atoms with E-state index in [9.17, 15) is 22.8 Å². The lowest BCUT2D eigenvalue weighted by molar-refractivity contribution is -0.153. The molecule has 1 aromatic heterocycles. The van der Waals surface area contributed by atoms with Crippen LogP contribution in [-0.4, -0.2) is 23.1 Å². The molecule has 0 saturated carbocycles. The van der Waals surface area contributed by atoms with Gasteiger partial charge >= 0.3 is 12.1 Å². The highest BCUT2D eigenvalue weighted by atomic mass is 19.4. The molecule has 140 valence electrons. The number of ether oxygens (including phenoxy) is 1. The summed E-state index contributed by atoms with van der Waals surface area (Å²) < 4.78 is 47.5. The Balaban J connectivity index is 1.93. The molecule has 1 aromatic carbocycles. The second kappa shape index (κ2) is 8.03. The molecule has 9 heteroatoms. The van der Waals surface area contributed by atoms with Gasteiger partial charge in [-0.25, -0.2) is 0 Å². The van der Waals surface area contributed by atoms with E-state index in [-0.39, 0.29) is 18.7 Å². The van der Waals surface area contributed by atoms with Crippen molar-refractivity contribution in [2.75, 3.05) is 5.32 Å². The Morgan fingerprint density at radius 1 is 1.27 bits per heavy atom. The van der Waals surface area contributed by atoms with Crippen LogP contribution in [0.3, 0.4) is 0 Å².